The molecule has 1 unspecified atom stereocenters. The summed E-state index contributed by atoms with van der Waals surface area (Å²) in [5.74, 6) is -1.13. The molecule has 0 spiro atoms. The van der Waals surface area contributed by atoms with E-state index in [1.165, 1.54) is 0 Å². The van der Waals surface area contributed by atoms with Crippen LogP contribution in [0.15, 0.2) is 59.5 Å². The molecule has 2 aromatic rings. The van der Waals surface area contributed by atoms with Gasteiger partial charge in [0.15, 0.2) is 0 Å². The van der Waals surface area contributed by atoms with Gasteiger partial charge in [0, 0.05) is 43.6 Å². The minimum Gasteiger partial charge on any atom is -0.444 e. The van der Waals surface area contributed by atoms with E-state index in [2.05, 4.69) is 5.32 Å². The lowest BCUT2D eigenvalue weighted by atomic mass is 9.93. The predicted octanol–water partition coefficient (Wildman–Crippen LogP) is 3.09. The van der Waals surface area contributed by atoms with E-state index in [4.69, 9.17) is 14.0 Å². The first-order valence-corrected chi connectivity index (χ1v) is 16.2. The first-order chi connectivity index (χ1) is 19.7. The maximum absolute atomic E-state index is 13.8. The Morgan fingerprint density at radius 2 is 1.83 bits per heavy atom. The fourth-order valence-electron chi connectivity index (χ4n) is 4.46. The fraction of sp³-hybridized carbons (Fsp3) is 0.500. The third kappa shape index (κ3) is 10.4. The van der Waals surface area contributed by atoms with Crippen LogP contribution in [0.5, 0.6) is 0 Å². The molecule has 1 aliphatic rings. The summed E-state index contributed by atoms with van der Waals surface area (Å²) < 4.78 is 55.9. The number of sulfonamides is 1. The molecule has 0 aliphatic carbocycles. The van der Waals surface area contributed by atoms with E-state index in [1.54, 1.807) is 44.2 Å². The summed E-state index contributed by atoms with van der Waals surface area (Å²) in [6.45, 7) is 3.36. The number of non-ortho nitro benzene ring substituents is 1. The van der Waals surface area contributed by atoms with Crippen LogP contribution < -0.4 is 5.32 Å². The second-order valence-electron chi connectivity index (χ2n) is 10.3. The number of alkyl carbamates (subject to hydrolysis) is 1. The Morgan fingerprint density at radius 1 is 1.17 bits per heavy atom. The lowest BCUT2D eigenvalue weighted by Crippen LogP contribution is -2.50. The van der Waals surface area contributed by atoms with Crippen molar-refractivity contribution in [1.82, 2.24) is 9.62 Å². The molecule has 3 rings (SSSR count). The number of benzene rings is 2. The van der Waals surface area contributed by atoms with E-state index in [0.29, 0.717) is 13.0 Å². The van der Waals surface area contributed by atoms with Crippen LogP contribution in [0.2, 0.25) is 0 Å². The van der Waals surface area contributed by atoms with Crippen LogP contribution in [0.3, 0.4) is 0 Å². The summed E-state index contributed by atoms with van der Waals surface area (Å²) in [6, 6.07) is 12.5. The number of phosphoric ester groups is 1. The maximum atomic E-state index is 13.8. The topological polar surface area (TPSA) is 195 Å². The SMILES string of the molecule is CC(C)CN(C[C@@H](COP(=O)(O)O)[C@H](Cc1ccccc1)NC(=O)OC1CCOC1)S(=O)(=O)c1ccc([N+](=O)[O-])cc1. The summed E-state index contributed by atoms with van der Waals surface area (Å²) in [5.41, 5.74) is 0.484. The maximum Gasteiger partial charge on any atom is 0.469 e. The normalized spacial score (nSPS) is 17.2. The number of carbonyl (C=O) groups is 1. The number of nitrogens with zero attached hydrogens (tertiary/aromatic N) is 2. The number of hydrogen-bond donors (Lipinski definition) is 3. The summed E-state index contributed by atoms with van der Waals surface area (Å²) in [7, 11) is -9.22. The van der Waals surface area contributed by atoms with E-state index < -0.39 is 53.5 Å². The Morgan fingerprint density at radius 3 is 2.38 bits per heavy atom. The van der Waals surface area contributed by atoms with Crippen molar-refractivity contribution in [3.8, 4) is 0 Å². The number of amides is 1. The van der Waals surface area contributed by atoms with Crippen LogP contribution in [0.4, 0.5) is 10.5 Å². The molecule has 2 aromatic carbocycles. The van der Waals surface area contributed by atoms with Gasteiger partial charge in [-0.3, -0.25) is 14.6 Å². The second-order valence-corrected chi connectivity index (χ2v) is 13.5. The highest BCUT2D eigenvalue weighted by molar-refractivity contribution is 7.89. The highest BCUT2D eigenvalue weighted by Gasteiger charge is 2.35. The van der Waals surface area contributed by atoms with Gasteiger partial charge >= 0.3 is 13.9 Å². The monoisotopic (exact) mass is 629 g/mol. The van der Waals surface area contributed by atoms with Gasteiger partial charge in [0.2, 0.25) is 10.0 Å². The Hall–Kier alpha value is -2.91. The average Bonchev–Trinajstić information content (AvgIpc) is 3.42. The molecule has 232 valence electrons. The first-order valence-electron chi connectivity index (χ1n) is 13.3. The first kappa shape index (κ1) is 33.6. The standard InChI is InChI=1S/C26H36N3O11PS/c1-19(2)15-28(42(36,37)24-10-8-22(9-11-24)29(31)32)16-21(17-39-41(33,34)35)25(14-20-6-4-3-5-7-20)27-26(30)40-23-12-13-38-18-23/h3-11,19,21,23,25H,12-18H2,1-2H3,(H,27,30)(H2,33,34,35)/t21-,23?,25-/m0/s1. The molecule has 0 radical (unpaired) electrons. The highest BCUT2D eigenvalue weighted by atomic mass is 32.2. The quantitative estimate of drug-likeness (QED) is 0.149. The number of rotatable bonds is 15. The van der Waals surface area contributed by atoms with Crippen LogP contribution in [-0.4, -0.2) is 78.6 Å². The number of hydrogen-bond acceptors (Lipinski definition) is 9. The third-order valence-electron chi connectivity index (χ3n) is 6.48. The molecule has 1 saturated heterocycles. The number of ether oxygens (including phenoxy) is 2. The third-order valence-corrected chi connectivity index (χ3v) is 8.81. The van der Waals surface area contributed by atoms with Gasteiger partial charge in [-0.1, -0.05) is 44.2 Å². The molecule has 1 fully saturated rings. The van der Waals surface area contributed by atoms with E-state index in [9.17, 15) is 37.7 Å². The van der Waals surface area contributed by atoms with Crippen molar-refractivity contribution in [2.45, 2.75) is 43.7 Å². The van der Waals surface area contributed by atoms with E-state index in [-0.39, 0.29) is 42.6 Å². The van der Waals surface area contributed by atoms with Crippen molar-refractivity contribution < 1.29 is 46.5 Å². The highest BCUT2D eigenvalue weighted by Crippen LogP contribution is 2.37. The van der Waals surface area contributed by atoms with Gasteiger partial charge in [-0.2, -0.15) is 4.31 Å². The van der Waals surface area contributed by atoms with Crippen molar-refractivity contribution in [3.05, 3.63) is 70.3 Å². The molecule has 1 aliphatic heterocycles. The molecule has 3 N–H and O–H groups in total. The van der Waals surface area contributed by atoms with Crippen molar-refractivity contribution >= 4 is 29.6 Å². The zero-order chi connectivity index (χ0) is 30.9. The van der Waals surface area contributed by atoms with Crippen LogP contribution in [0.25, 0.3) is 0 Å². The van der Waals surface area contributed by atoms with Gasteiger partial charge in [0.25, 0.3) is 5.69 Å². The number of carbonyl (C=O) groups excluding carboxylic acids is 1. The molecule has 0 saturated carbocycles. The minimum absolute atomic E-state index is 0.00759. The van der Waals surface area contributed by atoms with Gasteiger partial charge < -0.3 is 24.6 Å². The van der Waals surface area contributed by atoms with Gasteiger partial charge in [0.1, 0.15) is 6.10 Å². The molecular weight excluding hydrogens is 593 g/mol. The predicted molar refractivity (Wildman–Crippen MR) is 151 cm³/mol. The van der Waals surface area contributed by atoms with Gasteiger partial charge in [-0.05, 0) is 30.0 Å². The number of nitro groups is 1. The van der Waals surface area contributed by atoms with Gasteiger partial charge in [-0.25, -0.2) is 17.8 Å². The fourth-order valence-corrected chi connectivity index (χ4v) is 6.51. The summed E-state index contributed by atoms with van der Waals surface area (Å²) in [5, 5.41) is 13.8. The van der Waals surface area contributed by atoms with E-state index in [1.807, 2.05) is 0 Å². The second kappa shape index (κ2) is 15.0. The molecule has 1 heterocycles. The molecule has 42 heavy (non-hydrogen) atoms. The average molecular weight is 630 g/mol. The number of nitrogens with one attached hydrogen (secondary N) is 1. The Balaban J connectivity index is 1.97. The summed E-state index contributed by atoms with van der Waals surface area (Å²) in [4.78, 5) is 42.1. The van der Waals surface area contributed by atoms with Crippen molar-refractivity contribution in [3.63, 3.8) is 0 Å². The smallest absolute Gasteiger partial charge is 0.444 e. The number of nitro benzene ring substituents is 1. The lowest BCUT2D eigenvalue weighted by Gasteiger charge is -2.33. The van der Waals surface area contributed by atoms with Crippen molar-refractivity contribution in [2.75, 3.05) is 32.9 Å². The Kier molecular flexibility index (Phi) is 12.0. The van der Waals surface area contributed by atoms with Crippen LogP contribution in [0.1, 0.15) is 25.8 Å². The Labute approximate surface area is 244 Å². The van der Waals surface area contributed by atoms with E-state index in [0.717, 1.165) is 34.1 Å². The lowest BCUT2D eigenvalue weighted by molar-refractivity contribution is -0.384. The molecule has 14 nitrogen and oxygen atoms in total. The summed E-state index contributed by atoms with van der Waals surface area (Å²) >= 11 is 0. The molecule has 0 aromatic heterocycles. The zero-order valence-electron chi connectivity index (χ0n) is 23.3. The minimum atomic E-state index is -4.98. The van der Waals surface area contributed by atoms with Gasteiger partial charge in [0.05, 0.1) is 29.6 Å². The van der Waals surface area contributed by atoms with Crippen molar-refractivity contribution in [2.24, 2.45) is 11.8 Å². The van der Waals surface area contributed by atoms with E-state index >= 15 is 0 Å². The number of phosphoric acid groups is 1. The molecular formula is C26H36N3O11PS. The van der Waals surface area contributed by atoms with Crippen LogP contribution >= 0.6 is 7.82 Å². The molecule has 3 atom stereocenters. The van der Waals surface area contributed by atoms with Crippen LogP contribution in [-0.2, 0) is 35.0 Å². The largest absolute Gasteiger partial charge is 0.469 e. The van der Waals surface area contributed by atoms with Crippen LogP contribution in [0, 0.1) is 22.0 Å². The summed E-state index contributed by atoms with van der Waals surface area (Å²) in [6.07, 6.45) is -0.579. The zero-order valence-corrected chi connectivity index (χ0v) is 25.0. The molecule has 16 heteroatoms. The van der Waals surface area contributed by atoms with Crippen molar-refractivity contribution in [1.29, 1.82) is 0 Å². The van der Waals surface area contributed by atoms with Gasteiger partial charge in [-0.15, -0.1) is 0 Å². The molecule has 0 bridgehead atoms. The molecule has 1 amide bonds. The Bertz CT molecular complexity index is 1330.